The molecule has 108 valence electrons. The van der Waals surface area contributed by atoms with Crippen molar-refractivity contribution >= 4 is 5.91 Å². The van der Waals surface area contributed by atoms with Gasteiger partial charge in [-0.25, -0.2) is 0 Å². The number of nitrogens with one attached hydrogen (secondary N) is 1. The molecule has 1 unspecified atom stereocenters. The maximum absolute atomic E-state index is 11.4. The summed E-state index contributed by atoms with van der Waals surface area (Å²) >= 11 is 0. The van der Waals surface area contributed by atoms with E-state index >= 15 is 0 Å². The molecule has 0 bridgehead atoms. The first-order chi connectivity index (χ1) is 8.32. The summed E-state index contributed by atoms with van der Waals surface area (Å²) in [5, 5.41) is 2.69. The van der Waals surface area contributed by atoms with Gasteiger partial charge in [-0.2, -0.15) is 0 Å². The molecule has 1 atom stereocenters. The van der Waals surface area contributed by atoms with E-state index in [4.69, 9.17) is 5.73 Å². The molecule has 0 spiro atoms. The zero-order valence-corrected chi connectivity index (χ0v) is 12.8. The number of carbonyl (C=O) groups is 1. The first-order valence-corrected chi connectivity index (χ1v) is 6.92. The van der Waals surface area contributed by atoms with Crippen LogP contribution in [0.3, 0.4) is 0 Å². The second-order valence-corrected chi connectivity index (χ2v) is 6.10. The van der Waals surface area contributed by atoms with E-state index < -0.39 is 0 Å². The van der Waals surface area contributed by atoms with Crippen LogP contribution in [0.1, 0.15) is 40.0 Å². The van der Waals surface area contributed by atoms with Gasteiger partial charge in [0.15, 0.2) is 0 Å². The summed E-state index contributed by atoms with van der Waals surface area (Å²) in [4.78, 5) is 13.6. The molecule has 0 aliphatic rings. The second kappa shape index (κ2) is 8.48. The summed E-state index contributed by atoms with van der Waals surface area (Å²) < 4.78 is 0. The Labute approximate surface area is 112 Å². The van der Waals surface area contributed by atoms with Crippen molar-refractivity contribution < 1.29 is 4.79 Å². The fourth-order valence-electron chi connectivity index (χ4n) is 1.98. The number of rotatable bonds is 9. The Balaban J connectivity index is 3.71. The van der Waals surface area contributed by atoms with Crippen molar-refractivity contribution in [1.82, 2.24) is 10.2 Å². The first-order valence-electron chi connectivity index (χ1n) is 6.92. The van der Waals surface area contributed by atoms with Gasteiger partial charge in [0.25, 0.3) is 0 Å². The van der Waals surface area contributed by atoms with E-state index in [-0.39, 0.29) is 17.2 Å². The quantitative estimate of drug-likeness (QED) is 0.615. The van der Waals surface area contributed by atoms with Crippen LogP contribution in [-0.4, -0.2) is 44.5 Å². The van der Waals surface area contributed by atoms with Gasteiger partial charge in [-0.05, 0) is 38.4 Å². The molecule has 3 N–H and O–H groups in total. The van der Waals surface area contributed by atoms with Crippen molar-refractivity contribution in [3.05, 3.63) is 0 Å². The summed E-state index contributed by atoms with van der Waals surface area (Å²) in [5.74, 6) is 0.173. The van der Waals surface area contributed by atoms with Crippen LogP contribution in [-0.2, 0) is 4.79 Å². The lowest BCUT2D eigenvalue weighted by Gasteiger charge is -2.24. The van der Waals surface area contributed by atoms with E-state index in [1.54, 1.807) is 7.05 Å². The Hall–Kier alpha value is -0.610. The van der Waals surface area contributed by atoms with Crippen molar-refractivity contribution in [1.29, 1.82) is 0 Å². The van der Waals surface area contributed by atoms with Crippen LogP contribution < -0.4 is 11.1 Å². The highest BCUT2D eigenvalue weighted by atomic mass is 16.1. The van der Waals surface area contributed by atoms with Gasteiger partial charge < -0.3 is 16.0 Å². The monoisotopic (exact) mass is 257 g/mol. The molecule has 0 aliphatic heterocycles. The molecule has 0 fully saturated rings. The van der Waals surface area contributed by atoms with Crippen molar-refractivity contribution in [3.8, 4) is 0 Å². The largest absolute Gasteiger partial charge is 0.359 e. The molecule has 18 heavy (non-hydrogen) atoms. The Kier molecular flexibility index (Phi) is 8.20. The summed E-state index contributed by atoms with van der Waals surface area (Å²) in [6.45, 7) is 9.00. The lowest BCUT2D eigenvalue weighted by Crippen LogP contribution is -2.34. The lowest BCUT2D eigenvalue weighted by molar-refractivity contribution is -0.124. The fraction of sp³-hybridized carbons (Fsp3) is 0.929. The maximum atomic E-state index is 11.4. The average Bonchev–Trinajstić information content (AvgIpc) is 2.33. The minimum Gasteiger partial charge on any atom is -0.359 e. The minimum absolute atomic E-state index is 0.0560. The SMILES string of the molecule is CNC(=O)C(C)CN(C)CCCCC(C)(C)CN. The Morgan fingerprint density at radius 1 is 1.39 bits per heavy atom. The van der Waals surface area contributed by atoms with Gasteiger partial charge in [0.1, 0.15) is 0 Å². The van der Waals surface area contributed by atoms with Crippen molar-refractivity contribution in [3.63, 3.8) is 0 Å². The molecule has 4 heteroatoms. The predicted molar refractivity (Wildman–Crippen MR) is 77.4 cm³/mol. The standard InChI is InChI=1S/C14H31N3O/c1-12(13(18)16-4)10-17(5)9-7-6-8-14(2,3)11-15/h12H,6-11,15H2,1-5H3,(H,16,18). The Morgan fingerprint density at radius 3 is 2.50 bits per heavy atom. The Bertz CT molecular complexity index is 241. The van der Waals surface area contributed by atoms with Gasteiger partial charge in [0.2, 0.25) is 5.91 Å². The molecule has 0 saturated heterocycles. The molecule has 0 aromatic heterocycles. The van der Waals surface area contributed by atoms with E-state index in [2.05, 4.69) is 31.1 Å². The van der Waals surface area contributed by atoms with Crippen LogP contribution in [0.4, 0.5) is 0 Å². The molecule has 0 aromatic rings. The minimum atomic E-state index is 0.0560. The maximum Gasteiger partial charge on any atom is 0.223 e. The number of hydrogen-bond donors (Lipinski definition) is 2. The normalized spacial score (nSPS) is 13.7. The summed E-state index contributed by atoms with van der Waals surface area (Å²) in [6, 6.07) is 0. The smallest absolute Gasteiger partial charge is 0.223 e. The predicted octanol–water partition coefficient (Wildman–Crippen LogP) is 1.46. The van der Waals surface area contributed by atoms with Crippen LogP contribution in [0.5, 0.6) is 0 Å². The van der Waals surface area contributed by atoms with E-state index in [0.717, 1.165) is 19.6 Å². The van der Waals surface area contributed by atoms with Gasteiger partial charge in [-0.1, -0.05) is 27.2 Å². The van der Waals surface area contributed by atoms with Crippen molar-refractivity contribution in [2.45, 2.75) is 40.0 Å². The van der Waals surface area contributed by atoms with E-state index in [0.29, 0.717) is 0 Å². The molecule has 1 amide bonds. The third-order valence-corrected chi connectivity index (χ3v) is 3.48. The van der Waals surface area contributed by atoms with Crippen molar-refractivity contribution in [2.24, 2.45) is 17.1 Å². The van der Waals surface area contributed by atoms with Crippen LogP contribution >= 0.6 is 0 Å². The van der Waals surface area contributed by atoms with E-state index in [1.807, 2.05) is 6.92 Å². The van der Waals surface area contributed by atoms with E-state index in [1.165, 1.54) is 19.3 Å². The summed E-state index contributed by atoms with van der Waals surface area (Å²) in [5.41, 5.74) is 5.97. The van der Waals surface area contributed by atoms with Crippen LogP contribution in [0, 0.1) is 11.3 Å². The number of nitrogens with two attached hydrogens (primary N) is 1. The lowest BCUT2D eigenvalue weighted by atomic mass is 9.87. The zero-order chi connectivity index (χ0) is 14.2. The van der Waals surface area contributed by atoms with Crippen LogP contribution in [0.15, 0.2) is 0 Å². The molecule has 0 saturated carbocycles. The van der Waals surface area contributed by atoms with Gasteiger partial charge >= 0.3 is 0 Å². The van der Waals surface area contributed by atoms with Gasteiger partial charge in [-0.3, -0.25) is 4.79 Å². The van der Waals surface area contributed by atoms with Crippen LogP contribution in [0.2, 0.25) is 0 Å². The van der Waals surface area contributed by atoms with Gasteiger partial charge in [-0.15, -0.1) is 0 Å². The highest BCUT2D eigenvalue weighted by Gasteiger charge is 2.16. The molecule has 0 aliphatic carbocycles. The first kappa shape index (κ1) is 17.4. The van der Waals surface area contributed by atoms with Gasteiger partial charge in [0.05, 0.1) is 0 Å². The zero-order valence-electron chi connectivity index (χ0n) is 12.8. The third kappa shape index (κ3) is 7.67. The Morgan fingerprint density at radius 2 is 2.00 bits per heavy atom. The third-order valence-electron chi connectivity index (χ3n) is 3.48. The van der Waals surface area contributed by atoms with Gasteiger partial charge in [0, 0.05) is 19.5 Å². The van der Waals surface area contributed by atoms with E-state index in [9.17, 15) is 4.79 Å². The number of carbonyl (C=O) groups excluding carboxylic acids is 1. The highest BCUT2D eigenvalue weighted by molar-refractivity contribution is 5.78. The molecular formula is C14H31N3O. The molecule has 0 rings (SSSR count). The van der Waals surface area contributed by atoms with Crippen molar-refractivity contribution in [2.75, 3.05) is 33.7 Å². The molecule has 0 heterocycles. The summed E-state index contributed by atoms with van der Waals surface area (Å²) in [6.07, 6.45) is 3.53. The fourth-order valence-corrected chi connectivity index (χ4v) is 1.98. The topological polar surface area (TPSA) is 58.4 Å². The molecule has 0 radical (unpaired) electrons. The number of hydrogen-bond acceptors (Lipinski definition) is 3. The number of unbranched alkanes of at least 4 members (excludes halogenated alkanes) is 1. The average molecular weight is 257 g/mol. The number of nitrogens with zero attached hydrogens (tertiary/aromatic N) is 1. The molecule has 0 aromatic carbocycles. The molecular weight excluding hydrogens is 226 g/mol. The summed E-state index contributed by atoms with van der Waals surface area (Å²) in [7, 11) is 3.77. The second-order valence-electron chi connectivity index (χ2n) is 6.10. The number of amides is 1. The van der Waals surface area contributed by atoms with Crippen LogP contribution in [0.25, 0.3) is 0 Å². The highest BCUT2D eigenvalue weighted by Crippen LogP contribution is 2.21. The molecule has 4 nitrogen and oxygen atoms in total.